The lowest BCUT2D eigenvalue weighted by Gasteiger charge is -2.08. The zero-order valence-corrected chi connectivity index (χ0v) is 12.4. The Morgan fingerprint density at radius 3 is 2.68 bits per heavy atom. The second kappa shape index (κ2) is 5.73. The highest BCUT2D eigenvalue weighted by molar-refractivity contribution is 7.94. The van der Waals surface area contributed by atoms with E-state index in [2.05, 4.69) is 10.0 Å². The standard InChI is InChI=1S/C13H16N2O2S2/c1-10-5-3-4-6-12(10)15-19(16,17)13-7-11(8-14-2)9-18-13/h3-7,9,14-15H,8H2,1-2H3. The average Bonchev–Trinajstić information content (AvgIpc) is 2.82. The number of anilines is 1. The normalized spacial score (nSPS) is 11.5. The first-order chi connectivity index (χ1) is 9.03. The molecule has 2 rings (SSSR count). The fourth-order valence-corrected chi connectivity index (χ4v) is 4.01. The number of hydrogen-bond donors (Lipinski definition) is 2. The number of para-hydroxylation sites is 1. The van der Waals surface area contributed by atoms with E-state index in [-0.39, 0.29) is 0 Å². The van der Waals surface area contributed by atoms with Crippen molar-refractivity contribution in [3.05, 3.63) is 46.8 Å². The SMILES string of the molecule is CNCc1csc(S(=O)(=O)Nc2ccccc2C)c1. The van der Waals surface area contributed by atoms with Gasteiger partial charge in [0.05, 0.1) is 5.69 Å². The molecule has 0 radical (unpaired) electrons. The molecule has 0 aliphatic heterocycles. The predicted octanol–water partition coefficient (Wildman–Crippen LogP) is 2.58. The van der Waals surface area contributed by atoms with Gasteiger partial charge in [-0.2, -0.15) is 0 Å². The Bertz CT molecular complexity index is 663. The summed E-state index contributed by atoms with van der Waals surface area (Å²) in [5, 5.41) is 4.85. The Hall–Kier alpha value is -1.37. The van der Waals surface area contributed by atoms with Crippen molar-refractivity contribution in [3.8, 4) is 0 Å². The van der Waals surface area contributed by atoms with Crippen LogP contribution < -0.4 is 10.0 Å². The molecule has 2 N–H and O–H groups in total. The number of rotatable bonds is 5. The summed E-state index contributed by atoms with van der Waals surface area (Å²) in [5.74, 6) is 0. The van der Waals surface area contributed by atoms with Gasteiger partial charge in [0.2, 0.25) is 0 Å². The molecule has 6 heteroatoms. The maximum atomic E-state index is 12.3. The first kappa shape index (κ1) is 14.0. The van der Waals surface area contributed by atoms with E-state index in [4.69, 9.17) is 0 Å². The molecule has 0 amide bonds. The first-order valence-corrected chi connectivity index (χ1v) is 8.19. The van der Waals surface area contributed by atoms with Gasteiger partial charge in [-0.25, -0.2) is 8.42 Å². The summed E-state index contributed by atoms with van der Waals surface area (Å²) in [6.07, 6.45) is 0. The molecule has 1 heterocycles. The Morgan fingerprint density at radius 1 is 1.26 bits per heavy atom. The Morgan fingerprint density at radius 2 is 2.00 bits per heavy atom. The van der Waals surface area contributed by atoms with Crippen molar-refractivity contribution in [2.45, 2.75) is 17.7 Å². The van der Waals surface area contributed by atoms with Crippen LogP contribution in [-0.2, 0) is 16.6 Å². The van der Waals surface area contributed by atoms with Crippen LogP contribution in [0.3, 0.4) is 0 Å². The lowest BCUT2D eigenvalue weighted by Crippen LogP contribution is -2.12. The third-order valence-electron chi connectivity index (χ3n) is 2.66. The number of hydrogen-bond acceptors (Lipinski definition) is 4. The van der Waals surface area contributed by atoms with Crippen LogP contribution in [0.15, 0.2) is 39.9 Å². The van der Waals surface area contributed by atoms with Gasteiger partial charge in [0.1, 0.15) is 4.21 Å². The molecule has 1 aromatic carbocycles. The van der Waals surface area contributed by atoms with Crippen LogP contribution in [0.25, 0.3) is 0 Å². The van der Waals surface area contributed by atoms with E-state index in [9.17, 15) is 8.42 Å². The molecule has 19 heavy (non-hydrogen) atoms. The number of nitrogens with one attached hydrogen (secondary N) is 2. The third-order valence-corrected chi connectivity index (χ3v) is 5.52. The average molecular weight is 296 g/mol. The number of thiophene rings is 1. The second-order valence-electron chi connectivity index (χ2n) is 4.22. The zero-order chi connectivity index (χ0) is 13.9. The van der Waals surface area contributed by atoms with Crippen molar-refractivity contribution in [2.24, 2.45) is 0 Å². The molecule has 0 unspecified atom stereocenters. The molecule has 1 aromatic heterocycles. The van der Waals surface area contributed by atoms with Gasteiger partial charge < -0.3 is 5.32 Å². The van der Waals surface area contributed by atoms with Crippen molar-refractivity contribution < 1.29 is 8.42 Å². The van der Waals surface area contributed by atoms with E-state index in [0.29, 0.717) is 16.4 Å². The molecule has 2 aromatic rings. The minimum atomic E-state index is -3.49. The van der Waals surface area contributed by atoms with Gasteiger partial charge >= 0.3 is 0 Å². The van der Waals surface area contributed by atoms with E-state index in [0.717, 1.165) is 11.1 Å². The van der Waals surface area contributed by atoms with Crippen molar-refractivity contribution in [1.82, 2.24) is 5.32 Å². The fourth-order valence-electron chi connectivity index (χ4n) is 1.67. The summed E-state index contributed by atoms with van der Waals surface area (Å²) in [4.78, 5) is 0. The smallest absolute Gasteiger partial charge is 0.271 e. The lowest BCUT2D eigenvalue weighted by atomic mass is 10.2. The van der Waals surface area contributed by atoms with Gasteiger partial charge in [0, 0.05) is 6.54 Å². The third kappa shape index (κ3) is 3.34. The Kier molecular flexibility index (Phi) is 4.24. The van der Waals surface area contributed by atoms with Crippen LogP contribution in [0.5, 0.6) is 0 Å². The van der Waals surface area contributed by atoms with E-state index >= 15 is 0 Å². The minimum absolute atomic E-state index is 0.334. The van der Waals surface area contributed by atoms with Crippen LogP contribution >= 0.6 is 11.3 Å². The highest BCUT2D eigenvalue weighted by Gasteiger charge is 2.17. The summed E-state index contributed by atoms with van der Waals surface area (Å²) in [6.45, 7) is 2.54. The van der Waals surface area contributed by atoms with E-state index in [1.54, 1.807) is 12.1 Å². The molecule has 102 valence electrons. The molecule has 0 saturated carbocycles. The van der Waals surface area contributed by atoms with Crippen molar-refractivity contribution >= 4 is 27.0 Å². The molecule has 4 nitrogen and oxygen atoms in total. The summed E-state index contributed by atoms with van der Waals surface area (Å²) in [7, 11) is -1.66. The van der Waals surface area contributed by atoms with Gasteiger partial charge in [0.25, 0.3) is 10.0 Å². The number of aryl methyl sites for hydroxylation is 1. The van der Waals surface area contributed by atoms with Crippen LogP contribution in [-0.4, -0.2) is 15.5 Å². The number of benzene rings is 1. The monoisotopic (exact) mass is 296 g/mol. The largest absolute Gasteiger partial charge is 0.316 e. The van der Waals surface area contributed by atoms with E-state index in [1.165, 1.54) is 11.3 Å². The summed E-state index contributed by atoms with van der Waals surface area (Å²) >= 11 is 1.23. The molecule has 0 aliphatic rings. The predicted molar refractivity (Wildman–Crippen MR) is 79.1 cm³/mol. The fraction of sp³-hybridized carbons (Fsp3) is 0.231. The van der Waals surface area contributed by atoms with Crippen LogP contribution in [0.4, 0.5) is 5.69 Å². The van der Waals surface area contributed by atoms with Crippen LogP contribution in [0.2, 0.25) is 0 Å². The van der Waals surface area contributed by atoms with Gasteiger partial charge in [0.15, 0.2) is 0 Å². The van der Waals surface area contributed by atoms with Gasteiger partial charge in [-0.05, 0) is 42.6 Å². The molecular weight excluding hydrogens is 280 g/mol. The Labute approximate surface area is 117 Å². The molecule has 0 atom stereocenters. The maximum Gasteiger partial charge on any atom is 0.271 e. The first-order valence-electron chi connectivity index (χ1n) is 5.83. The second-order valence-corrected chi connectivity index (χ2v) is 7.05. The quantitative estimate of drug-likeness (QED) is 0.891. The van der Waals surface area contributed by atoms with E-state index in [1.807, 2.05) is 37.6 Å². The van der Waals surface area contributed by atoms with E-state index < -0.39 is 10.0 Å². The molecule has 0 spiro atoms. The molecule has 0 fully saturated rings. The summed E-state index contributed by atoms with van der Waals surface area (Å²) in [6, 6.07) is 9.02. The summed E-state index contributed by atoms with van der Waals surface area (Å²) < 4.78 is 27.5. The molecule has 0 saturated heterocycles. The van der Waals surface area contributed by atoms with Crippen molar-refractivity contribution in [1.29, 1.82) is 0 Å². The van der Waals surface area contributed by atoms with Crippen LogP contribution in [0.1, 0.15) is 11.1 Å². The Balaban J connectivity index is 2.25. The van der Waals surface area contributed by atoms with Crippen molar-refractivity contribution in [2.75, 3.05) is 11.8 Å². The maximum absolute atomic E-state index is 12.3. The highest BCUT2D eigenvalue weighted by Crippen LogP contribution is 2.24. The lowest BCUT2D eigenvalue weighted by molar-refractivity contribution is 0.603. The molecular formula is C13H16N2O2S2. The van der Waals surface area contributed by atoms with Crippen molar-refractivity contribution in [3.63, 3.8) is 0 Å². The number of sulfonamides is 1. The summed E-state index contributed by atoms with van der Waals surface area (Å²) in [5.41, 5.74) is 2.49. The zero-order valence-electron chi connectivity index (χ0n) is 10.8. The highest BCUT2D eigenvalue weighted by atomic mass is 32.2. The molecule has 0 aliphatic carbocycles. The van der Waals surface area contributed by atoms with Gasteiger partial charge in [-0.15, -0.1) is 11.3 Å². The minimum Gasteiger partial charge on any atom is -0.316 e. The van der Waals surface area contributed by atoms with Gasteiger partial charge in [-0.3, -0.25) is 4.72 Å². The van der Waals surface area contributed by atoms with Crippen LogP contribution in [0, 0.1) is 6.92 Å². The topological polar surface area (TPSA) is 58.2 Å². The molecule has 0 bridgehead atoms. The van der Waals surface area contributed by atoms with Gasteiger partial charge in [-0.1, -0.05) is 18.2 Å².